The van der Waals surface area contributed by atoms with Gasteiger partial charge in [0.25, 0.3) is 0 Å². The van der Waals surface area contributed by atoms with Crippen molar-refractivity contribution in [3.8, 4) is 0 Å². The molecule has 0 saturated heterocycles. The molecule has 0 aliphatic heterocycles. The second kappa shape index (κ2) is 5.01. The molecular weight excluding hydrogens is 194 g/mol. The van der Waals surface area contributed by atoms with E-state index in [0.29, 0.717) is 0 Å². The lowest BCUT2D eigenvalue weighted by Crippen LogP contribution is -2.13. The molecule has 16 heavy (non-hydrogen) atoms. The average molecular weight is 217 g/mol. The minimum absolute atomic E-state index is 0.784. The molecule has 1 aromatic carbocycles. The number of benzene rings is 1. The van der Waals surface area contributed by atoms with Crippen LogP contribution in [0.5, 0.6) is 0 Å². The third-order valence-electron chi connectivity index (χ3n) is 3.86. The van der Waals surface area contributed by atoms with Crippen LogP contribution in [0.4, 0.5) is 0 Å². The molecule has 1 aromatic rings. The van der Waals surface area contributed by atoms with Gasteiger partial charge in [0, 0.05) is 0 Å². The lowest BCUT2D eigenvalue weighted by Gasteiger charge is -2.17. The van der Waals surface area contributed by atoms with E-state index in [9.17, 15) is 0 Å². The molecule has 1 N–H and O–H groups in total. The Hall–Kier alpha value is -0.820. The maximum atomic E-state index is 3.28. The molecular formula is C15H23N. The molecule has 1 fully saturated rings. The van der Waals surface area contributed by atoms with E-state index < -0.39 is 0 Å². The fourth-order valence-electron chi connectivity index (χ4n) is 2.47. The normalized spacial score (nSPS) is 17.4. The van der Waals surface area contributed by atoms with Gasteiger partial charge in [-0.25, -0.2) is 0 Å². The topological polar surface area (TPSA) is 12.0 Å². The largest absolute Gasteiger partial charge is 0.320 e. The van der Waals surface area contributed by atoms with E-state index in [-0.39, 0.29) is 0 Å². The Labute approximate surface area is 99.3 Å². The number of aryl methyl sites for hydroxylation is 2. The first-order valence-electron chi connectivity index (χ1n) is 6.44. The summed E-state index contributed by atoms with van der Waals surface area (Å²) in [4.78, 5) is 0. The second-order valence-electron chi connectivity index (χ2n) is 5.18. The van der Waals surface area contributed by atoms with Crippen LogP contribution in [0.25, 0.3) is 0 Å². The van der Waals surface area contributed by atoms with Gasteiger partial charge < -0.3 is 5.32 Å². The summed E-state index contributed by atoms with van der Waals surface area (Å²) in [6.45, 7) is 5.55. The van der Waals surface area contributed by atoms with Crippen LogP contribution < -0.4 is 5.32 Å². The monoisotopic (exact) mass is 217 g/mol. The maximum Gasteiger partial charge on any atom is -0.00460 e. The zero-order chi connectivity index (χ0) is 11.5. The molecule has 0 bridgehead atoms. The fourth-order valence-corrected chi connectivity index (χ4v) is 2.47. The Bertz CT molecular complexity index is 352. The molecule has 1 heteroatoms. The molecule has 0 amide bonds. The summed E-state index contributed by atoms with van der Waals surface area (Å²) in [5.74, 6) is 1.74. The molecule has 1 atom stereocenters. The number of rotatable bonds is 5. The Morgan fingerprint density at radius 3 is 2.56 bits per heavy atom. The van der Waals surface area contributed by atoms with Gasteiger partial charge >= 0.3 is 0 Å². The predicted octanol–water partition coefficient (Wildman–Crippen LogP) is 3.41. The smallest absolute Gasteiger partial charge is 0.00460 e. The molecule has 1 nitrogen and oxygen atoms in total. The van der Waals surface area contributed by atoms with Crippen LogP contribution in [0.3, 0.4) is 0 Å². The van der Waals surface area contributed by atoms with Crippen molar-refractivity contribution in [2.75, 3.05) is 13.6 Å². The zero-order valence-corrected chi connectivity index (χ0v) is 10.7. The molecule has 0 spiro atoms. The van der Waals surface area contributed by atoms with E-state index >= 15 is 0 Å². The molecule has 0 heterocycles. The molecule has 2 rings (SSSR count). The van der Waals surface area contributed by atoms with Crippen LogP contribution in [0.15, 0.2) is 18.2 Å². The fraction of sp³-hybridized carbons (Fsp3) is 0.600. The quantitative estimate of drug-likeness (QED) is 0.797. The minimum atomic E-state index is 0.784. The van der Waals surface area contributed by atoms with Gasteiger partial charge in [0.15, 0.2) is 0 Å². The highest BCUT2D eigenvalue weighted by molar-refractivity contribution is 5.32. The lowest BCUT2D eigenvalue weighted by molar-refractivity contribution is 0.540. The van der Waals surface area contributed by atoms with Crippen molar-refractivity contribution in [3.05, 3.63) is 34.9 Å². The van der Waals surface area contributed by atoms with Crippen molar-refractivity contribution in [2.45, 2.75) is 39.0 Å². The van der Waals surface area contributed by atoms with E-state index in [1.165, 1.54) is 30.4 Å². The van der Waals surface area contributed by atoms with E-state index in [1.54, 1.807) is 5.56 Å². The summed E-state index contributed by atoms with van der Waals surface area (Å²) in [5.41, 5.74) is 4.40. The SMILES string of the molecule is CNCCC(c1ccc(C)c(C)c1)C1CC1. The van der Waals surface area contributed by atoms with Crippen molar-refractivity contribution >= 4 is 0 Å². The van der Waals surface area contributed by atoms with Crippen LogP contribution >= 0.6 is 0 Å². The van der Waals surface area contributed by atoms with E-state index in [1.807, 2.05) is 7.05 Å². The van der Waals surface area contributed by atoms with Crippen molar-refractivity contribution in [1.29, 1.82) is 0 Å². The van der Waals surface area contributed by atoms with Crippen molar-refractivity contribution in [1.82, 2.24) is 5.32 Å². The Morgan fingerprint density at radius 1 is 1.25 bits per heavy atom. The Balaban J connectivity index is 2.14. The van der Waals surface area contributed by atoms with E-state index in [4.69, 9.17) is 0 Å². The highest BCUT2D eigenvalue weighted by atomic mass is 14.8. The third kappa shape index (κ3) is 2.65. The van der Waals surface area contributed by atoms with Crippen molar-refractivity contribution in [3.63, 3.8) is 0 Å². The predicted molar refractivity (Wildman–Crippen MR) is 69.9 cm³/mol. The summed E-state index contributed by atoms with van der Waals surface area (Å²) in [7, 11) is 2.05. The van der Waals surface area contributed by atoms with Gasteiger partial charge in [-0.2, -0.15) is 0 Å². The third-order valence-corrected chi connectivity index (χ3v) is 3.86. The standard InChI is InChI=1S/C15H23N/c1-11-4-5-14(10-12(11)2)15(8-9-16-3)13-6-7-13/h4-5,10,13,15-16H,6-9H2,1-3H3. The number of nitrogens with one attached hydrogen (secondary N) is 1. The highest BCUT2D eigenvalue weighted by Gasteiger charge is 2.31. The van der Waals surface area contributed by atoms with Crippen LogP contribution in [0, 0.1) is 19.8 Å². The van der Waals surface area contributed by atoms with Gasteiger partial charge in [-0.05, 0) is 75.2 Å². The highest BCUT2D eigenvalue weighted by Crippen LogP contribution is 2.44. The summed E-state index contributed by atoms with van der Waals surface area (Å²) in [6, 6.07) is 7.01. The summed E-state index contributed by atoms with van der Waals surface area (Å²) in [6.07, 6.45) is 4.15. The first-order chi connectivity index (χ1) is 7.72. The van der Waals surface area contributed by atoms with Crippen LogP contribution in [0.2, 0.25) is 0 Å². The molecule has 0 radical (unpaired) electrons. The summed E-state index contributed by atoms with van der Waals surface area (Å²) in [5, 5.41) is 3.28. The van der Waals surface area contributed by atoms with Gasteiger partial charge in [-0.1, -0.05) is 18.2 Å². The lowest BCUT2D eigenvalue weighted by atomic mass is 9.89. The summed E-state index contributed by atoms with van der Waals surface area (Å²) >= 11 is 0. The Kier molecular flexibility index (Phi) is 3.65. The zero-order valence-electron chi connectivity index (χ0n) is 10.7. The first kappa shape index (κ1) is 11.7. The molecule has 1 aliphatic carbocycles. The van der Waals surface area contributed by atoms with Gasteiger partial charge in [-0.3, -0.25) is 0 Å². The van der Waals surface area contributed by atoms with Crippen LogP contribution in [-0.4, -0.2) is 13.6 Å². The van der Waals surface area contributed by atoms with Gasteiger partial charge in [0.2, 0.25) is 0 Å². The van der Waals surface area contributed by atoms with Gasteiger partial charge in [0.05, 0.1) is 0 Å². The molecule has 0 aromatic heterocycles. The molecule has 1 aliphatic rings. The van der Waals surface area contributed by atoms with Crippen LogP contribution in [-0.2, 0) is 0 Å². The van der Waals surface area contributed by atoms with Gasteiger partial charge in [0.1, 0.15) is 0 Å². The number of hydrogen-bond acceptors (Lipinski definition) is 1. The average Bonchev–Trinajstić information content (AvgIpc) is 3.08. The van der Waals surface area contributed by atoms with Crippen LogP contribution in [0.1, 0.15) is 41.9 Å². The van der Waals surface area contributed by atoms with Gasteiger partial charge in [-0.15, -0.1) is 0 Å². The van der Waals surface area contributed by atoms with E-state index in [0.717, 1.165) is 18.4 Å². The molecule has 1 saturated carbocycles. The Morgan fingerprint density at radius 2 is 2.00 bits per heavy atom. The molecule has 1 unspecified atom stereocenters. The first-order valence-corrected chi connectivity index (χ1v) is 6.44. The maximum absolute atomic E-state index is 3.28. The van der Waals surface area contributed by atoms with Crippen molar-refractivity contribution in [2.24, 2.45) is 5.92 Å². The number of hydrogen-bond donors (Lipinski definition) is 1. The van der Waals surface area contributed by atoms with Crippen molar-refractivity contribution < 1.29 is 0 Å². The second-order valence-corrected chi connectivity index (χ2v) is 5.18. The summed E-state index contributed by atoms with van der Waals surface area (Å²) < 4.78 is 0. The minimum Gasteiger partial charge on any atom is -0.320 e. The molecule has 88 valence electrons. The van der Waals surface area contributed by atoms with E-state index in [2.05, 4.69) is 37.4 Å².